The Balaban J connectivity index is 3.15. The van der Waals surface area contributed by atoms with Crippen molar-refractivity contribution in [3.05, 3.63) is 29.3 Å². The van der Waals surface area contributed by atoms with Crippen LogP contribution in [0.1, 0.15) is 30.6 Å². The third kappa shape index (κ3) is 3.45. The first-order chi connectivity index (χ1) is 9.43. The number of hydrogen-bond acceptors (Lipinski definition) is 3. The number of amides is 1. The zero-order valence-corrected chi connectivity index (χ0v) is 12.0. The van der Waals surface area contributed by atoms with Gasteiger partial charge in [-0.05, 0) is 25.5 Å². The molecule has 2 N–H and O–H groups in total. The molecule has 1 amide bonds. The van der Waals surface area contributed by atoms with Crippen molar-refractivity contribution in [2.45, 2.75) is 26.3 Å². The Hall–Kier alpha value is -1.69. The molecule has 0 heterocycles. The first-order valence-electron chi connectivity index (χ1n) is 6.47. The number of benzene rings is 1. The van der Waals surface area contributed by atoms with E-state index in [0.717, 1.165) is 12.1 Å². The molecular formula is C14H20F2N2O2. The second-order valence-corrected chi connectivity index (χ2v) is 4.57. The average molecular weight is 286 g/mol. The molecule has 1 unspecified atom stereocenters. The number of nitrogens with two attached hydrogens (primary N) is 1. The Morgan fingerprint density at radius 2 is 2.10 bits per heavy atom. The van der Waals surface area contributed by atoms with Crippen LogP contribution in [-0.4, -0.2) is 37.1 Å². The van der Waals surface area contributed by atoms with Crippen LogP contribution in [0.3, 0.4) is 0 Å². The molecule has 6 heteroatoms. The number of nitrogens with zero attached hydrogens (tertiary/aromatic N) is 1. The van der Waals surface area contributed by atoms with Crippen molar-refractivity contribution in [1.29, 1.82) is 0 Å². The minimum atomic E-state index is -1.01. The Kier molecular flexibility index (Phi) is 5.88. The van der Waals surface area contributed by atoms with Crippen molar-refractivity contribution in [2.24, 2.45) is 0 Å². The molecule has 20 heavy (non-hydrogen) atoms. The van der Waals surface area contributed by atoms with Gasteiger partial charge in [0.15, 0.2) is 5.82 Å². The molecule has 0 bridgehead atoms. The van der Waals surface area contributed by atoms with Crippen LogP contribution < -0.4 is 5.73 Å². The standard InChI is InChI=1S/C14H20F2N2O2/c1-4-9(2)18(7-8-20-3)14(19)12-10(15)5-6-11(17)13(12)16/h5-6,9H,4,7-8,17H2,1-3H3. The van der Waals surface area contributed by atoms with E-state index >= 15 is 0 Å². The molecule has 1 aromatic rings. The lowest BCUT2D eigenvalue weighted by atomic mass is 10.1. The van der Waals surface area contributed by atoms with Crippen LogP contribution in [0.15, 0.2) is 12.1 Å². The second-order valence-electron chi connectivity index (χ2n) is 4.57. The lowest BCUT2D eigenvalue weighted by molar-refractivity contribution is 0.0604. The molecule has 0 radical (unpaired) electrons. The van der Waals surface area contributed by atoms with Crippen molar-refractivity contribution in [2.75, 3.05) is 26.0 Å². The first kappa shape index (κ1) is 16.4. The zero-order chi connectivity index (χ0) is 15.3. The summed E-state index contributed by atoms with van der Waals surface area (Å²) in [5, 5.41) is 0. The highest BCUT2D eigenvalue weighted by Gasteiger charge is 2.27. The summed E-state index contributed by atoms with van der Waals surface area (Å²) in [5.74, 6) is -2.63. The molecule has 0 saturated heterocycles. The van der Waals surface area contributed by atoms with Gasteiger partial charge in [0.2, 0.25) is 0 Å². The van der Waals surface area contributed by atoms with E-state index in [2.05, 4.69) is 0 Å². The molecule has 1 aromatic carbocycles. The van der Waals surface area contributed by atoms with E-state index in [1.54, 1.807) is 0 Å². The number of carbonyl (C=O) groups is 1. The minimum Gasteiger partial charge on any atom is -0.396 e. The molecule has 1 atom stereocenters. The van der Waals surface area contributed by atoms with Gasteiger partial charge in [0.05, 0.1) is 12.3 Å². The largest absolute Gasteiger partial charge is 0.396 e. The summed E-state index contributed by atoms with van der Waals surface area (Å²) in [7, 11) is 1.50. The van der Waals surface area contributed by atoms with Crippen molar-refractivity contribution in [3.63, 3.8) is 0 Å². The van der Waals surface area contributed by atoms with Crippen molar-refractivity contribution < 1.29 is 18.3 Å². The Bertz CT molecular complexity index is 480. The van der Waals surface area contributed by atoms with Crippen LogP contribution in [0.2, 0.25) is 0 Å². The normalized spacial score (nSPS) is 12.2. The molecule has 4 nitrogen and oxygen atoms in total. The number of ether oxygens (including phenoxy) is 1. The fourth-order valence-corrected chi connectivity index (χ4v) is 1.84. The van der Waals surface area contributed by atoms with Gasteiger partial charge in [-0.1, -0.05) is 6.92 Å². The lowest BCUT2D eigenvalue weighted by Crippen LogP contribution is -2.41. The smallest absolute Gasteiger partial charge is 0.260 e. The highest BCUT2D eigenvalue weighted by Crippen LogP contribution is 2.21. The van der Waals surface area contributed by atoms with E-state index in [9.17, 15) is 13.6 Å². The number of hydrogen-bond donors (Lipinski definition) is 1. The average Bonchev–Trinajstić information content (AvgIpc) is 2.43. The maximum absolute atomic E-state index is 13.9. The third-order valence-electron chi connectivity index (χ3n) is 3.25. The highest BCUT2D eigenvalue weighted by molar-refractivity contribution is 5.96. The SMILES string of the molecule is CCC(C)N(CCOC)C(=O)c1c(F)ccc(N)c1F. The number of anilines is 1. The predicted octanol–water partition coefficient (Wildman–Crippen LogP) is 2.43. The van der Waals surface area contributed by atoms with Gasteiger partial charge in [0, 0.05) is 19.7 Å². The monoisotopic (exact) mass is 286 g/mol. The fourth-order valence-electron chi connectivity index (χ4n) is 1.84. The molecule has 1 rings (SSSR count). The summed E-state index contributed by atoms with van der Waals surface area (Å²) in [6, 6.07) is 1.94. The zero-order valence-electron chi connectivity index (χ0n) is 12.0. The molecule has 0 aliphatic rings. The number of rotatable bonds is 6. The summed E-state index contributed by atoms with van der Waals surface area (Å²) in [5.41, 5.74) is 4.54. The molecule has 0 spiro atoms. The second kappa shape index (κ2) is 7.19. The minimum absolute atomic E-state index is 0.155. The number of carbonyl (C=O) groups excluding carboxylic acids is 1. The molecule has 0 aromatic heterocycles. The van der Waals surface area contributed by atoms with Crippen molar-refractivity contribution in [3.8, 4) is 0 Å². The van der Waals surface area contributed by atoms with Gasteiger partial charge in [-0.3, -0.25) is 4.79 Å². The summed E-state index contributed by atoms with van der Waals surface area (Å²) in [4.78, 5) is 13.8. The van der Waals surface area contributed by atoms with E-state index in [1.165, 1.54) is 12.0 Å². The lowest BCUT2D eigenvalue weighted by Gasteiger charge is -2.28. The Morgan fingerprint density at radius 1 is 1.45 bits per heavy atom. The third-order valence-corrected chi connectivity index (χ3v) is 3.25. The van der Waals surface area contributed by atoms with E-state index < -0.39 is 23.1 Å². The van der Waals surface area contributed by atoms with Crippen molar-refractivity contribution >= 4 is 11.6 Å². The summed E-state index contributed by atoms with van der Waals surface area (Å²) in [6.45, 7) is 4.26. The van der Waals surface area contributed by atoms with E-state index in [4.69, 9.17) is 10.5 Å². The molecule has 0 aliphatic heterocycles. The van der Waals surface area contributed by atoms with Gasteiger partial charge in [-0.2, -0.15) is 0 Å². The topological polar surface area (TPSA) is 55.6 Å². The van der Waals surface area contributed by atoms with Gasteiger partial charge < -0.3 is 15.4 Å². The van der Waals surface area contributed by atoms with Gasteiger partial charge in [-0.25, -0.2) is 8.78 Å². The van der Waals surface area contributed by atoms with Crippen LogP contribution >= 0.6 is 0 Å². The van der Waals surface area contributed by atoms with Crippen LogP contribution in [-0.2, 0) is 4.74 Å². The molecule has 0 aliphatic carbocycles. The number of halogens is 2. The quantitative estimate of drug-likeness (QED) is 0.817. The van der Waals surface area contributed by atoms with E-state index in [1.807, 2.05) is 13.8 Å². The first-order valence-corrected chi connectivity index (χ1v) is 6.47. The maximum atomic E-state index is 13.9. The van der Waals surface area contributed by atoms with E-state index in [-0.39, 0.29) is 18.3 Å². The van der Waals surface area contributed by atoms with Crippen LogP contribution in [0.25, 0.3) is 0 Å². The summed E-state index contributed by atoms with van der Waals surface area (Å²) < 4.78 is 32.6. The van der Waals surface area contributed by atoms with Gasteiger partial charge in [0.25, 0.3) is 5.91 Å². The molecule has 0 saturated carbocycles. The number of nitrogen functional groups attached to an aromatic ring is 1. The van der Waals surface area contributed by atoms with Crippen molar-refractivity contribution in [1.82, 2.24) is 4.90 Å². The van der Waals surface area contributed by atoms with Gasteiger partial charge >= 0.3 is 0 Å². The summed E-state index contributed by atoms with van der Waals surface area (Å²) >= 11 is 0. The molecule has 112 valence electrons. The molecular weight excluding hydrogens is 266 g/mol. The van der Waals surface area contributed by atoms with Crippen LogP contribution in [0, 0.1) is 11.6 Å². The van der Waals surface area contributed by atoms with Gasteiger partial charge in [0.1, 0.15) is 11.4 Å². The van der Waals surface area contributed by atoms with Gasteiger partial charge in [-0.15, -0.1) is 0 Å². The number of methoxy groups -OCH3 is 1. The molecule has 0 fully saturated rings. The maximum Gasteiger partial charge on any atom is 0.260 e. The Morgan fingerprint density at radius 3 is 2.65 bits per heavy atom. The Labute approximate surface area is 117 Å². The van der Waals surface area contributed by atoms with Crippen LogP contribution in [0.5, 0.6) is 0 Å². The summed E-state index contributed by atoms with van der Waals surface area (Å²) in [6.07, 6.45) is 0.668. The van der Waals surface area contributed by atoms with Crippen LogP contribution in [0.4, 0.5) is 14.5 Å². The highest BCUT2D eigenvalue weighted by atomic mass is 19.1. The predicted molar refractivity (Wildman–Crippen MR) is 73.4 cm³/mol. The van der Waals surface area contributed by atoms with E-state index in [0.29, 0.717) is 13.0 Å². The fraction of sp³-hybridized carbons (Fsp3) is 0.500.